The molecule has 0 amide bonds. The zero-order valence-electron chi connectivity index (χ0n) is 13.0. The van der Waals surface area contributed by atoms with Crippen molar-refractivity contribution in [3.63, 3.8) is 0 Å². The van der Waals surface area contributed by atoms with E-state index in [1.165, 1.54) is 0 Å². The van der Waals surface area contributed by atoms with Gasteiger partial charge < -0.3 is 4.74 Å². The summed E-state index contributed by atoms with van der Waals surface area (Å²) < 4.78 is 228. The Kier molecular flexibility index (Phi) is 7.62. The molecular weight excluding hydrogens is 494 g/mol. The van der Waals surface area contributed by atoms with Gasteiger partial charge in [0.05, 0.1) is 0 Å². The number of ether oxygens (including phenoxy) is 2. The van der Waals surface area contributed by atoms with E-state index < -0.39 is 61.5 Å². The number of alkyl halides is 18. The molecule has 0 saturated heterocycles. The quantitative estimate of drug-likeness (QED) is 0.351. The summed E-state index contributed by atoms with van der Waals surface area (Å²) in [6.07, 6.45) is -31.9. The second kappa shape index (κ2) is 7.97. The standard InChI is InChI=1S/C10H4F18O2/c11-2(12)5(16,17)7(20,21)4(14,15)1-29-6(18,19)3(13)30-10(27,28)8(22,23)9(24,25)26/h2-3H,1H2. The Balaban J connectivity index is 5.50. The summed E-state index contributed by atoms with van der Waals surface area (Å²) in [6.45, 7) is -3.83. The van der Waals surface area contributed by atoms with Crippen LogP contribution in [-0.2, 0) is 9.47 Å². The Labute approximate surface area is 151 Å². The first-order valence-corrected chi connectivity index (χ1v) is 6.35. The molecular formula is C10H4F18O2. The maximum atomic E-state index is 12.9. The van der Waals surface area contributed by atoms with E-state index in [1.54, 1.807) is 4.74 Å². The van der Waals surface area contributed by atoms with Crippen molar-refractivity contribution >= 4 is 0 Å². The number of rotatable bonds is 10. The molecule has 20 heteroatoms. The molecule has 1 atom stereocenters. The van der Waals surface area contributed by atoms with Gasteiger partial charge in [-0.25, -0.2) is 13.2 Å². The molecule has 0 bridgehead atoms. The van der Waals surface area contributed by atoms with Crippen LogP contribution in [0.25, 0.3) is 0 Å². The molecule has 1 unspecified atom stereocenters. The molecule has 0 saturated carbocycles. The van der Waals surface area contributed by atoms with Crippen molar-refractivity contribution in [2.45, 2.75) is 54.9 Å². The molecule has 0 aliphatic rings. The van der Waals surface area contributed by atoms with Crippen LogP contribution in [0.1, 0.15) is 0 Å². The first-order chi connectivity index (χ1) is 12.8. The second-order valence-corrected chi connectivity index (χ2v) is 5.08. The molecule has 0 fully saturated rings. The minimum Gasteiger partial charge on any atom is -0.310 e. The van der Waals surface area contributed by atoms with Gasteiger partial charge in [0.1, 0.15) is 6.61 Å². The van der Waals surface area contributed by atoms with Crippen LogP contribution in [-0.4, -0.2) is 61.5 Å². The van der Waals surface area contributed by atoms with Crippen molar-refractivity contribution in [2.75, 3.05) is 6.61 Å². The van der Waals surface area contributed by atoms with Crippen LogP contribution in [0.3, 0.4) is 0 Å². The second-order valence-electron chi connectivity index (χ2n) is 5.08. The topological polar surface area (TPSA) is 18.5 Å². The molecule has 0 aliphatic heterocycles. The van der Waals surface area contributed by atoms with Crippen molar-refractivity contribution in [3.05, 3.63) is 0 Å². The fraction of sp³-hybridized carbons (Fsp3) is 1.00. The lowest BCUT2D eigenvalue weighted by Gasteiger charge is -2.33. The van der Waals surface area contributed by atoms with Crippen LogP contribution >= 0.6 is 0 Å². The normalized spacial score (nSPS) is 16.9. The van der Waals surface area contributed by atoms with Crippen LogP contribution in [0, 0.1) is 0 Å². The Bertz CT molecular complexity index is 580. The van der Waals surface area contributed by atoms with Gasteiger partial charge >= 0.3 is 48.5 Å². The van der Waals surface area contributed by atoms with Crippen molar-refractivity contribution < 1.29 is 88.5 Å². The average molecular weight is 498 g/mol. The van der Waals surface area contributed by atoms with Gasteiger partial charge in [0.15, 0.2) is 0 Å². The minimum atomic E-state index is -7.35. The Morgan fingerprint density at radius 3 is 1.33 bits per heavy atom. The minimum absolute atomic E-state index is 1.80. The summed E-state index contributed by atoms with van der Waals surface area (Å²) in [6, 6.07) is 0. The molecule has 0 heterocycles. The summed E-state index contributed by atoms with van der Waals surface area (Å²) in [7, 11) is 0. The van der Waals surface area contributed by atoms with E-state index in [9.17, 15) is 79.0 Å². The predicted molar refractivity (Wildman–Crippen MR) is 53.7 cm³/mol. The summed E-state index contributed by atoms with van der Waals surface area (Å²) in [5.41, 5.74) is 0. The van der Waals surface area contributed by atoms with Gasteiger partial charge in [0, 0.05) is 0 Å². The first kappa shape index (κ1) is 28.7. The first-order valence-electron chi connectivity index (χ1n) is 6.35. The predicted octanol–water partition coefficient (Wildman–Crippen LogP) is 5.87. The van der Waals surface area contributed by atoms with E-state index >= 15 is 0 Å². The van der Waals surface area contributed by atoms with Crippen molar-refractivity contribution in [2.24, 2.45) is 0 Å². The van der Waals surface area contributed by atoms with Crippen LogP contribution in [0.4, 0.5) is 79.0 Å². The average Bonchev–Trinajstić information content (AvgIpc) is 2.50. The highest BCUT2D eigenvalue weighted by Crippen LogP contribution is 2.50. The molecule has 0 rings (SSSR count). The molecule has 0 aromatic carbocycles. The molecule has 0 N–H and O–H groups in total. The monoisotopic (exact) mass is 498 g/mol. The fourth-order valence-electron chi connectivity index (χ4n) is 1.16. The van der Waals surface area contributed by atoms with Crippen molar-refractivity contribution in [3.8, 4) is 0 Å². The lowest BCUT2D eigenvalue weighted by Crippen LogP contribution is -2.60. The Morgan fingerprint density at radius 2 is 1.00 bits per heavy atom. The molecule has 0 aromatic rings. The number of hydrogen-bond acceptors (Lipinski definition) is 2. The highest BCUT2D eigenvalue weighted by Gasteiger charge is 2.77. The van der Waals surface area contributed by atoms with Crippen molar-refractivity contribution in [1.29, 1.82) is 0 Å². The van der Waals surface area contributed by atoms with E-state index in [0.29, 0.717) is 0 Å². The molecule has 30 heavy (non-hydrogen) atoms. The van der Waals surface area contributed by atoms with Crippen LogP contribution < -0.4 is 0 Å². The third kappa shape index (κ3) is 5.10. The molecule has 0 aliphatic carbocycles. The van der Waals surface area contributed by atoms with Crippen molar-refractivity contribution in [1.82, 2.24) is 0 Å². The molecule has 0 aromatic heterocycles. The smallest absolute Gasteiger partial charge is 0.310 e. The largest absolute Gasteiger partial charge is 0.462 e. The summed E-state index contributed by atoms with van der Waals surface area (Å²) in [5, 5.41) is 0. The van der Waals surface area contributed by atoms with E-state index in [0.717, 1.165) is 0 Å². The summed E-state index contributed by atoms with van der Waals surface area (Å²) >= 11 is 0. The van der Waals surface area contributed by atoms with Gasteiger partial charge in [-0.2, -0.15) is 65.9 Å². The van der Waals surface area contributed by atoms with Gasteiger partial charge in [-0.15, -0.1) is 0 Å². The SMILES string of the molecule is FC(OC(F)(F)C(F)(F)C(F)(F)F)C(F)(F)OCC(F)(F)C(F)(F)C(F)(F)C(F)F. The van der Waals surface area contributed by atoms with Crippen LogP contribution in [0.15, 0.2) is 0 Å². The van der Waals surface area contributed by atoms with Gasteiger partial charge in [-0.05, 0) is 0 Å². The fourth-order valence-corrected chi connectivity index (χ4v) is 1.16. The van der Waals surface area contributed by atoms with E-state index in [1.807, 2.05) is 0 Å². The van der Waals surface area contributed by atoms with Gasteiger partial charge in [0.2, 0.25) is 0 Å². The summed E-state index contributed by atoms with van der Waals surface area (Å²) in [4.78, 5) is 0. The Morgan fingerprint density at radius 1 is 0.600 bits per heavy atom. The number of hydrogen-bond donors (Lipinski definition) is 0. The molecule has 182 valence electrons. The summed E-state index contributed by atoms with van der Waals surface area (Å²) in [5.74, 6) is -28.1. The zero-order valence-corrected chi connectivity index (χ0v) is 13.0. The zero-order chi connectivity index (χ0) is 24.8. The third-order valence-corrected chi connectivity index (χ3v) is 2.84. The highest BCUT2D eigenvalue weighted by atomic mass is 19.4. The van der Waals surface area contributed by atoms with E-state index in [2.05, 4.69) is 4.74 Å². The highest BCUT2D eigenvalue weighted by molar-refractivity contribution is 4.98. The van der Waals surface area contributed by atoms with E-state index in [-0.39, 0.29) is 0 Å². The molecule has 0 spiro atoms. The van der Waals surface area contributed by atoms with Gasteiger partial charge in [-0.3, -0.25) is 4.74 Å². The molecule has 2 nitrogen and oxygen atoms in total. The van der Waals surface area contributed by atoms with Crippen LogP contribution in [0.5, 0.6) is 0 Å². The third-order valence-electron chi connectivity index (χ3n) is 2.84. The van der Waals surface area contributed by atoms with Crippen LogP contribution in [0.2, 0.25) is 0 Å². The number of halogens is 18. The maximum Gasteiger partial charge on any atom is 0.462 e. The lowest BCUT2D eigenvalue weighted by atomic mass is 10.1. The Hall–Kier alpha value is -1.34. The van der Waals surface area contributed by atoms with Gasteiger partial charge in [0.25, 0.3) is 6.36 Å². The lowest BCUT2D eigenvalue weighted by molar-refractivity contribution is -0.468. The maximum absolute atomic E-state index is 12.9. The molecule has 0 radical (unpaired) electrons. The van der Waals surface area contributed by atoms with E-state index in [4.69, 9.17) is 0 Å². The van der Waals surface area contributed by atoms with Gasteiger partial charge in [-0.1, -0.05) is 0 Å².